The quantitative estimate of drug-likeness (QED) is 0.927. The van der Waals surface area contributed by atoms with Gasteiger partial charge in [-0.1, -0.05) is 27.2 Å². The lowest BCUT2D eigenvalue weighted by molar-refractivity contribution is 0.182. The third-order valence-corrected chi connectivity index (χ3v) is 5.55. The Morgan fingerprint density at radius 1 is 1.33 bits per heavy atom. The Balaban J connectivity index is 1.76. The van der Waals surface area contributed by atoms with Gasteiger partial charge in [-0.25, -0.2) is 9.97 Å². The van der Waals surface area contributed by atoms with E-state index in [4.69, 9.17) is 4.98 Å². The lowest BCUT2D eigenvalue weighted by atomic mass is 9.69. The monoisotopic (exact) mass is 288 g/mol. The summed E-state index contributed by atoms with van der Waals surface area (Å²) in [6.45, 7) is 11.2. The largest absolute Gasteiger partial charge is 0.338 e. The summed E-state index contributed by atoms with van der Waals surface area (Å²) in [5, 5.41) is 3.38. The lowest BCUT2D eigenvalue weighted by Gasteiger charge is -2.37. The Kier molecular flexibility index (Phi) is 4.16. The summed E-state index contributed by atoms with van der Waals surface area (Å²) in [5.41, 5.74) is 3.10. The average Bonchev–Trinajstić information content (AvgIpc) is 2.54. The molecule has 0 radical (unpaired) electrons. The third kappa shape index (κ3) is 3.05. The van der Waals surface area contributed by atoms with Crippen LogP contribution in [0.15, 0.2) is 6.20 Å². The minimum absolute atomic E-state index is 0.425. The van der Waals surface area contributed by atoms with Crippen LogP contribution in [0.5, 0.6) is 0 Å². The van der Waals surface area contributed by atoms with E-state index in [0.717, 1.165) is 50.9 Å². The summed E-state index contributed by atoms with van der Waals surface area (Å²) in [6.07, 6.45) is 6.87. The fourth-order valence-electron chi connectivity index (χ4n) is 3.47. The molecule has 0 spiro atoms. The van der Waals surface area contributed by atoms with Gasteiger partial charge in [-0.2, -0.15) is 0 Å². The molecule has 0 amide bonds. The molecule has 2 aliphatic rings. The normalized spacial score (nSPS) is 23.0. The van der Waals surface area contributed by atoms with E-state index in [2.05, 4.69) is 42.2 Å². The zero-order chi connectivity index (χ0) is 14.9. The van der Waals surface area contributed by atoms with Crippen molar-refractivity contribution in [2.45, 2.75) is 46.5 Å². The van der Waals surface area contributed by atoms with Crippen LogP contribution in [0.2, 0.25) is 0 Å². The Bertz CT molecular complexity index is 492. The molecule has 1 atom stereocenters. The van der Waals surface area contributed by atoms with Crippen LogP contribution in [0.4, 0.5) is 5.95 Å². The van der Waals surface area contributed by atoms with Crippen LogP contribution in [-0.2, 0) is 12.8 Å². The fraction of sp³-hybridized carbons (Fsp3) is 0.765. The molecule has 1 N–H and O–H groups in total. The van der Waals surface area contributed by atoms with E-state index in [9.17, 15) is 0 Å². The van der Waals surface area contributed by atoms with Crippen LogP contribution < -0.4 is 10.2 Å². The van der Waals surface area contributed by atoms with Gasteiger partial charge >= 0.3 is 0 Å². The Labute approximate surface area is 128 Å². The smallest absolute Gasteiger partial charge is 0.225 e. The van der Waals surface area contributed by atoms with Gasteiger partial charge in [0, 0.05) is 38.1 Å². The Hall–Kier alpha value is -1.16. The minimum atomic E-state index is 0.425. The van der Waals surface area contributed by atoms with E-state index < -0.39 is 0 Å². The van der Waals surface area contributed by atoms with Crippen LogP contribution in [0.1, 0.15) is 44.9 Å². The van der Waals surface area contributed by atoms with Gasteiger partial charge in [-0.3, -0.25) is 0 Å². The van der Waals surface area contributed by atoms with Gasteiger partial charge in [0.15, 0.2) is 0 Å². The van der Waals surface area contributed by atoms with Gasteiger partial charge in [0.25, 0.3) is 0 Å². The molecule has 1 saturated heterocycles. The zero-order valence-electron chi connectivity index (χ0n) is 13.7. The van der Waals surface area contributed by atoms with E-state index in [-0.39, 0.29) is 0 Å². The number of anilines is 1. The molecule has 1 aliphatic heterocycles. The number of aryl methyl sites for hydroxylation is 1. The fourth-order valence-corrected chi connectivity index (χ4v) is 3.47. The van der Waals surface area contributed by atoms with E-state index in [1.807, 2.05) is 0 Å². The lowest BCUT2D eigenvalue weighted by Crippen LogP contribution is -2.44. The molecule has 4 heteroatoms. The maximum absolute atomic E-state index is 4.87. The van der Waals surface area contributed by atoms with Crippen molar-refractivity contribution in [3.05, 3.63) is 17.5 Å². The topological polar surface area (TPSA) is 41.1 Å². The average molecular weight is 288 g/mol. The zero-order valence-corrected chi connectivity index (χ0v) is 13.7. The number of aromatic nitrogens is 2. The highest BCUT2D eigenvalue weighted by atomic mass is 15.3. The maximum Gasteiger partial charge on any atom is 0.225 e. The van der Waals surface area contributed by atoms with Gasteiger partial charge in [0.2, 0.25) is 5.95 Å². The summed E-state index contributed by atoms with van der Waals surface area (Å²) < 4.78 is 0. The molecule has 0 aromatic carbocycles. The van der Waals surface area contributed by atoms with Crippen molar-refractivity contribution in [1.29, 1.82) is 0 Å². The summed E-state index contributed by atoms with van der Waals surface area (Å²) in [5.74, 6) is 1.70. The van der Waals surface area contributed by atoms with Crippen LogP contribution >= 0.6 is 0 Å². The first kappa shape index (κ1) is 14.8. The van der Waals surface area contributed by atoms with E-state index in [1.165, 1.54) is 24.1 Å². The van der Waals surface area contributed by atoms with E-state index in [1.54, 1.807) is 0 Å². The van der Waals surface area contributed by atoms with Crippen molar-refractivity contribution in [2.24, 2.45) is 11.3 Å². The number of fused-ring (bicyclic) bond motifs is 1. The van der Waals surface area contributed by atoms with Crippen molar-refractivity contribution >= 4 is 5.95 Å². The van der Waals surface area contributed by atoms with Crippen molar-refractivity contribution in [3.63, 3.8) is 0 Å². The van der Waals surface area contributed by atoms with E-state index in [0.29, 0.717) is 5.41 Å². The van der Waals surface area contributed by atoms with Gasteiger partial charge in [-0.05, 0) is 36.2 Å². The molecule has 1 aromatic heterocycles. The predicted molar refractivity (Wildman–Crippen MR) is 86.7 cm³/mol. The van der Waals surface area contributed by atoms with Crippen molar-refractivity contribution in [3.8, 4) is 0 Å². The molecular weight excluding hydrogens is 260 g/mol. The second kappa shape index (κ2) is 5.91. The van der Waals surface area contributed by atoms with Crippen LogP contribution in [0.3, 0.4) is 0 Å². The van der Waals surface area contributed by atoms with Crippen molar-refractivity contribution in [1.82, 2.24) is 15.3 Å². The van der Waals surface area contributed by atoms with Crippen LogP contribution in [-0.4, -0.2) is 36.1 Å². The van der Waals surface area contributed by atoms with E-state index >= 15 is 0 Å². The number of nitrogens with one attached hydrogen (secondary N) is 1. The van der Waals surface area contributed by atoms with Gasteiger partial charge in [0.05, 0.1) is 0 Å². The predicted octanol–water partition coefficient (Wildman–Crippen LogP) is 2.43. The highest BCUT2D eigenvalue weighted by molar-refractivity contribution is 5.35. The minimum Gasteiger partial charge on any atom is -0.338 e. The number of hydrogen-bond donors (Lipinski definition) is 1. The first-order chi connectivity index (χ1) is 10.1. The van der Waals surface area contributed by atoms with Gasteiger partial charge < -0.3 is 10.2 Å². The number of rotatable bonds is 3. The second-order valence-electron chi connectivity index (χ2n) is 7.16. The molecule has 116 valence electrons. The third-order valence-electron chi connectivity index (χ3n) is 5.55. The highest BCUT2D eigenvalue weighted by Crippen LogP contribution is 2.39. The molecule has 1 aromatic rings. The van der Waals surface area contributed by atoms with Crippen LogP contribution in [0, 0.1) is 11.3 Å². The second-order valence-corrected chi connectivity index (χ2v) is 7.16. The summed E-state index contributed by atoms with van der Waals surface area (Å²) in [6, 6.07) is 0. The molecule has 3 rings (SSSR count). The Morgan fingerprint density at radius 2 is 2.10 bits per heavy atom. The standard InChI is InChI=1S/C17H28N4/c1-4-17(2,3)14-5-6-15-13(11-14)12-19-16(20-15)21-9-7-18-8-10-21/h12,14,18H,4-11H2,1-3H3. The highest BCUT2D eigenvalue weighted by Gasteiger charge is 2.32. The van der Waals surface area contributed by atoms with Crippen LogP contribution in [0.25, 0.3) is 0 Å². The summed E-state index contributed by atoms with van der Waals surface area (Å²) in [4.78, 5) is 11.8. The maximum atomic E-state index is 4.87. The molecule has 1 fully saturated rings. The molecule has 21 heavy (non-hydrogen) atoms. The first-order valence-corrected chi connectivity index (χ1v) is 8.40. The van der Waals surface area contributed by atoms with Gasteiger partial charge in [-0.15, -0.1) is 0 Å². The molecular formula is C17H28N4. The summed E-state index contributed by atoms with van der Waals surface area (Å²) in [7, 11) is 0. The van der Waals surface area contributed by atoms with Gasteiger partial charge in [0.1, 0.15) is 0 Å². The number of hydrogen-bond acceptors (Lipinski definition) is 4. The first-order valence-electron chi connectivity index (χ1n) is 8.40. The van der Waals surface area contributed by atoms with Crippen molar-refractivity contribution < 1.29 is 0 Å². The Morgan fingerprint density at radius 3 is 2.81 bits per heavy atom. The molecule has 2 heterocycles. The summed E-state index contributed by atoms with van der Waals surface area (Å²) >= 11 is 0. The molecule has 0 bridgehead atoms. The number of nitrogens with zero attached hydrogens (tertiary/aromatic N) is 3. The molecule has 1 unspecified atom stereocenters. The molecule has 1 aliphatic carbocycles. The van der Waals surface area contributed by atoms with Crippen molar-refractivity contribution in [2.75, 3.05) is 31.1 Å². The molecule has 0 saturated carbocycles. The number of piperazine rings is 1. The molecule has 4 nitrogen and oxygen atoms in total. The SMILES string of the molecule is CCC(C)(C)C1CCc2nc(N3CCNCC3)ncc2C1.